The average molecular weight is 379 g/mol. The van der Waals surface area contributed by atoms with Gasteiger partial charge in [-0.3, -0.25) is 15.1 Å². The fraction of sp³-hybridized carbons (Fsp3) is 0.0500. The Bertz CT molecular complexity index is 1070. The summed E-state index contributed by atoms with van der Waals surface area (Å²) in [5, 5.41) is 3.39. The molecule has 2 heterocycles. The number of nitrogens with zero attached hydrogens (tertiary/aromatic N) is 2. The molecule has 0 atom stereocenters. The highest BCUT2D eigenvalue weighted by molar-refractivity contribution is 6.32. The van der Waals surface area contributed by atoms with E-state index in [2.05, 4.69) is 20.3 Å². The molecular formula is C20H15ClN4O2. The highest BCUT2D eigenvalue weighted by Crippen LogP contribution is 2.24. The fourth-order valence-corrected chi connectivity index (χ4v) is 2.75. The van der Waals surface area contributed by atoms with Gasteiger partial charge in [0, 0.05) is 23.0 Å². The molecular weight excluding hydrogens is 364 g/mol. The molecule has 0 radical (unpaired) electrons. The van der Waals surface area contributed by atoms with E-state index in [1.54, 1.807) is 54.9 Å². The Labute approximate surface area is 160 Å². The van der Waals surface area contributed by atoms with Gasteiger partial charge >= 0.3 is 0 Å². The quantitative estimate of drug-likeness (QED) is 0.525. The van der Waals surface area contributed by atoms with Crippen LogP contribution in [-0.4, -0.2) is 20.9 Å². The zero-order valence-electron chi connectivity index (χ0n) is 14.4. The normalized spacial score (nSPS) is 10.7. The van der Waals surface area contributed by atoms with E-state index in [4.69, 9.17) is 16.3 Å². The van der Waals surface area contributed by atoms with Crippen molar-refractivity contribution in [1.82, 2.24) is 15.0 Å². The third-order valence-electron chi connectivity index (χ3n) is 4.00. The molecule has 2 N–H and O–H groups in total. The number of H-pyrrole nitrogens is 1. The molecule has 2 aromatic carbocycles. The highest BCUT2D eigenvalue weighted by Gasteiger charge is 2.11. The van der Waals surface area contributed by atoms with Gasteiger partial charge in [0.05, 0.1) is 11.0 Å². The van der Waals surface area contributed by atoms with Crippen molar-refractivity contribution in [2.45, 2.75) is 6.92 Å². The number of ether oxygens (including phenoxy) is 1. The van der Waals surface area contributed by atoms with Crippen LogP contribution in [0.1, 0.15) is 15.9 Å². The summed E-state index contributed by atoms with van der Waals surface area (Å²) in [6, 6.07) is 14.0. The lowest BCUT2D eigenvalue weighted by atomic mass is 10.2. The maximum Gasteiger partial charge on any atom is 0.257 e. The Morgan fingerprint density at radius 2 is 1.78 bits per heavy atom. The lowest BCUT2D eigenvalue weighted by Gasteiger charge is -2.06. The zero-order chi connectivity index (χ0) is 18.8. The Morgan fingerprint density at radius 1 is 1.07 bits per heavy atom. The van der Waals surface area contributed by atoms with Crippen LogP contribution in [0.15, 0.2) is 60.9 Å². The summed E-state index contributed by atoms with van der Waals surface area (Å²) in [7, 11) is 0. The van der Waals surface area contributed by atoms with Gasteiger partial charge in [-0.15, -0.1) is 0 Å². The summed E-state index contributed by atoms with van der Waals surface area (Å²) in [6.07, 6.45) is 3.30. The smallest absolute Gasteiger partial charge is 0.257 e. The first kappa shape index (κ1) is 17.1. The maximum atomic E-state index is 12.4. The van der Waals surface area contributed by atoms with E-state index in [-0.39, 0.29) is 5.91 Å². The minimum Gasteiger partial charge on any atom is -0.457 e. The van der Waals surface area contributed by atoms with Crippen LogP contribution < -0.4 is 10.1 Å². The molecule has 7 heteroatoms. The number of benzene rings is 2. The largest absolute Gasteiger partial charge is 0.457 e. The predicted molar refractivity (Wildman–Crippen MR) is 105 cm³/mol. The van der Waals surface area contributed by atoms with Crippen molar-refractivity contribution >= 4 is 34.5 Å². The van der Waals surface area contributed by atoms with Crippen LogP contribution in [0.25, 0.3) is 11.0 Å². The second-order valence-electron chi connectivity index (χ2n) is 5.97. The Balaban J connectivity index is 1.48. The molecule has 2 aromatic heterocycles. The van der Waals surface area contributed by atoms with Gasteiger partial charge in [0.25, 0.3) is 5.91 Å². The van der Waals surface area contributed by atoms with E-state index < -0.39 is 0 Å². The predicted octanol–water partition coefficient (Wildman–Crippen LogP) is 4.96. The monoisotopic (exact) mass is 378 g/mol. The molecule has 6 nitrogen and oxygen atoms in total. The van der Waals surface area contributed by atoms with Crippen LogP contribution in [-0.2, 0) is 0 Å². The number of rotatable bonds is 4. The van der Waals surface area contributed by atoms with E-state index in [9.17, 15) is 4.79 Å². The first-order valence-corrected chi connectivity index (χ1v) is 8.61. The molecule has 0 saturated heterocycles. The van der Waals surface area contributed by atoms with Gasteiger partial charge < -0.3 is 9.72 Å². The third-order valence-corrected chi connectivity index (χ3v) is 4.40. The Morgan fingerprint density at radius 3 is 2.52 bits per heavy atom. The molecule has 0 fully saturated rings. The molecule has 0 unspecified atom stereocenters. The first-order chi connectivity index (χ1) is 13.1. The van der Waals surface area contributed by atoms with Crippen LogP contribution in [0.4, 0.5) is 5.95 Å². The average Bonchev–Trinajstić information content (AvgIpc) is 3.04. The molecule has 27 heavy (non-hydrogen) atoms. The lowest BCUT2D eigenvalue weighted by molar-refractivity contribution is 0.102. The summed E-state index contributed by atoms with van der Waals surface area (Å²) in [5.74, 6) is 1.41. The lowest BCUT2D eigenvalue weighted by Crippen LogP contribution is -2.12. The van der Waals surface area contributed by atoms with Crippen LogP contribution >= 0.6 is 11.6 Å². The van der Waals surface area contributed by atoms with Crippen LogP contribution in [0.3, 0.4) is 0 Å². The molecule has 134 valence electrons. The molecule has 0 aliphatic rings. The Hall–Kier alpha value is -3.38. The second kappa shape index (κ2) is 7.09. The number of fused-ring (bicyclic) bond motifs is 1. The molecule has 0 aliphatic carbocycles. The van der Waals surface area contributed by atoms with Gasteiger partial charge in [-0.25, -0.2) is 4.98 Å². The fourth-order valence-electron chi connectivity index (χ4n) is 2.60. The molecule has 0 aliphatic heterocycles. The number of amides is 1. The highest BCUT2D eigenvalue weighted by atomic mass is 35.5. The van der Waals surface area contributed by atoms with Crippen LogP contribution in [0, 0.1) is 6.92 Å². The minimum atomic E-state index is -0.271. The molecule has 4 aromatic rings. The molecule has 0 spiro atoms. The summed E-state index contributed by atoms with van der Waals surface area (Å²) >= 11 is 6.11. The van der Waals surface area contributed by atoms with E-state index in [0.717, 1.165) is 11.1 Å². The number of carbonyl (C=O) groups excluding carboxylic acids is 1. The molecule has 4 rings (SSSR count). The van der Waals surface area contributed by atoms with E-state index in [0.29, 0.717) is 33.6 Å². The van der Waals surface area contributed by atoms with Crippen molar-refractivity contribution in [2.75, 3.05) is 5.32 Å². The van der Waals surface area contributed by atoms with Crippen molar-refractivity contribution in [3.8, 4) is 11.5 Å². The van der Waals surface area contributed by atoms with E-state index in [1.807, 2.05) is 13.0 Å². The van der Waals surface area contributed by atoms with Gasteiger partial charge in [0.1, 0.15) is 11.5 Å². The summed E-state index contributed by atoms with van der Waals surface area (Å²) in [4.78, 5) is 23.8. The molecule has 0 saturated carbocycles. The Kier molecular flexibility index (Phi) is 4.48. The number of carbonyl (C=O) groups is 1. The topological polar surface area (TPSA) is 79.9 Å². The van der Waals surface area contributed by atoms with Crippen molar-refractivity contribution < 1.29 is 9.53 Å². The van der Waals surface area contributed by atoms with Crippen molar-refractivity contribution in [3.63, 3.8) is 0 Å². The van der Waals surface area contributed by atoms with Gasteiger partial charge in [-0.05, 0) is 61.0 Å². The van der Waals surface area contributed by atoms with Crippen LogP contribution in [0.2, 0.25) is 5.02 Å². The SMILES string of the molecule is Cc1cc2[nH]c(NC(=O)c3ccc(Oc4ccncc4)cc3)nc2cc1Cl. The van der Waals surface area contributed by atoms with E-state index in [1.165, 1.54) is 0 Å². The van der Waals surface area contributed by atoms with Gasteiger partial charge in [-0.1, -0.05) is 11.6 Å². The summed E-state index contributed by atoms with van der Waals surface area (Å²) in [5.41, 5.74) is 2.94. The van der Waals surface area contributed by atoms with Gasteiger partial charge in [0.2, 0.25) is 5.95 Å². The van der Waals surface area contributed by atoms with Crippen molar-refractivity contribution in [2.24, 2.45) is 0 Å². The zero-order valence-corrected chi connectivity index (χ0v) is 15.1. The number of aromatic amines is 1. The number of hydrogen-bond donors (Lipinski definition) is 2. The summed E-state index contributed by atoms with van der Waals surface area (Å²) in [6.45, 7) is 1.91. The van der Waals surface area contributed by atoms with Gasteiger partial charge in [-0.2, -0.15) is 0 Å². The molecule has 0 bridgehead atoms. The van der Waals surface area contributed by atoms with Crippen molar-refractivity contribution in [1.29, 1.82) is 0 Å². The number of hydrogen-bond acceptors (Lipinski definition) is 4. The second-order valence-corrected chi connectivity index (χ2v) is 6.37. The first-order valence-electron chi connectivity index (χ1n) is 8.24. The number of nitrogens with one attached hydrogen (secondary N) is 2. The maximum absolute atomic E-state index is 12.4. The number of aromatic nitrogens is 3. The van der Waals surface area contributed by atoms with Crippen LogP contribution in [0.5, 0.6) is 11.5 Å². The summed E-state index contributed by atoms with van der Waals surface area (Å²) < 4.78 is 5.69. The molecule has 1 amide bonds. The number of halogens is 1. The third kappa shape index (κ3) is 3.75. The number of anilines is 1. The van der Waals surface area contributed by atoms with Gasteiger partial charge in [0.15, 0.2) is 0 Å². The number of imidazole rings is 1. The van der Waals surface area contributed by atoms with Crippen molar-refractivity contribution in [3.05, 3.63) is 77.1 Å². The number of pyridine rings is 1. The minimum absolute atomic E-state index is 0.271. The standard InChI is InChI=1S/C20H15ClN4O2/c1-12-10-17-18(11-16(12)21)24-20(23-17)25-19(26)13-2-4-14(5-3-13)27-15-6-8-22-9-7-15/h2-11H,1H3,(H2,23,24,25,26). The number of aryl methyl sites for hydroxylation is 1. The van der Waals surface area contributed by atoms with E-state index >= 15 is 0 Å².